The van der Waals surface area contributed by atoms with Crippen molar-refractivity contribution in [2.24, 2.45) is 5.73 Å². The zero-order chi connectivity index (χ0) is 11.5. The Balaban J connectivity index is 2.14. The predicted octanol–water partition coefficient (Wildman–Crippen LogP) is 2.52. The monoisotopic (exact) mass is 237 g/mol. The number of nitrogens with two attached hydrogens (primary N) is 1. The van der Waals surface area contributed by atoms with Crippen molar-refractivity contribution in [3.63, 3.8) is 0 Å². The van der Waals surface area contributed by atoms with Gasteiger partial charge in [0, 0.05) is 11.3 Å². The molecule has 0 spiro atoms. The molecule has 1 heterocycles. The second-order valence-electron chi connectivity index (χ2n) is 4.43. The Morgan fingerprint density at radius 2 is 2.06 bits per heavy atom. The Bertz CT molecular complexity index is 350. The number of benzene rings is 1. The summed E-state index contributed by atoms with van der Waals surface area (Å²) in [5.41, 5.74) is 8.80. The van der Waals surface area contributed by atoms with Crippen molar-refractivity contribution >= 4 is 11.8 Å². The highest BCUT2D eigenvalue weighted by Crippen LogP contribution is 2.38. The highest BCUT2D eigenvalue weighted by atomic mass is 32.2. The Labute approximate surface area is 102 Å². The number of thioether (sulfide) groups is 1. The van der Waals surface area contributed by atoms with Gasteiger partial charge in [-0.25, -0.2) is 0 Å². The highest BCUT2D eigenvalue weighted by Gasteiger charge is 2.27. The standard InChI is InChI=1S/C13H19NOS/c1-9-5-3-4-6-12(9)13(10(2)14)16-11-7-15-8-11/h3-6,10-11,13H,7-8,14H2,1-2H3. The van der Waals surface area contributed by atoms with Crippen LogP contribution in [0.15, 0.2) is 24.3 Å². The number of aryl methyl sites for hydroxylation is 1. The van der Waals surface area contributed by atoms with Gasteiger partial charge < -0.3 is 10.5 Å². The highest BCUT2D eigenvalue weighted by molar-refractivity contribution is 8.00. The van der Waals surface area contributed by atoms with Crippen LogP contribution < -0.4 is 5.73 Å². The molecule has 0 radical (unpaired) electrons. The summed E-state index contributed by atoms with van der Waals surface area (Å²) in [6, 6.07) is 8.69. The molecule has 1 aliphatic heterocycles. The largest absolute Gasteiger partial charge is 0.379 e. The Kier molecular flexibility index (Phi) is 3.90. The second kappa shape index (κ2) is 5.21. The van der Waals surface area contributed by atoms with Crippen LogP contribution in [-0.4, -0.2) is 24.5 Å². The average Bonchev–Trinajstić information content (AvgIpc) is 2.18. The van der Waals surface area contributed by atoms with Gasteiger partial charge in [0.05, 0.1) is 18.5 Å². The van der Waals surface area contributed by atoms with Gasteiger partial charge in [0.1, 0.15) is 0 Å². The minimum absolute atomic E-state index is 0.173. The molecule has 1 saturated heterocycles. The van der Waals surface area contributed by atoms with Crippen molar-refractivity contribution in [2.75, 3.05) is 13.2 Å². The fraction of sp³-hybridized carbons (Fsp3) is 0.538. The molecule has 1 aliphatic rings. The van der Waals surface area contributed by atoms with Crippen LogP contribution in [0.4, 0.5) is 0 Å². The quantitative estimate of drug-likeness (QED) is 0.874. The van der Waals surface area contributed by atoms with Gasteiger partial charge in [0.15, 0.2) is 0 Å². The Morgan fingerprint density at radius 3 is 2.56 bits per heavy atom. The van der Waals surface area contributed by atoms with E-state index in [1.165, 1.54) is 11.1 Å². The summed E-state index contributed by atoms with van der Waals surface area (Å²) in [5.74, 6) is 0. The van der Waals surface area contributed by atoms with E-state index in [4.69, 9.17) is 10.5 Å². The summed E-state index contributed by atoms with van der Waals surface area (Å²) in [7, 11) is 0. The molecule has 3 heteroatoms. The molecular formula is C13H19NOS. The third kappa shape index (κ3) is 2.59. The lowest BCUT2D eigenvalue weighted by Gasteiger charge is -2.32. The van der Waals surface area contributed by atoms with E-state index < -0.39 is 0 Å². The molecule has 2 rings (SSSR count). The lowest BCUT2D eigenvalue weighted by atomic mass is 10.0. The topological polar surface area (TPSA) is 35.2 Å². The van der Waals surface area contributed by atoms with Crippen LogP contribution in [0.5, 0.6) is 0 Å². The zero-order valence-corrected chi connectivity index (χ0v) is 10.7. The molecule has 2 nitrogen and oxygen atoms in total. The molecular weight excluding hydrogens is 218 g/mol. The number of hydrogen-bond donors (Lipinski definition) is 1. The molecule has 1 aromatic rings. The zero-order valence-electron chi connectivity index (χ0n) is 9.85. The third-order valence-corrected chi connectivity index (χ3v) is 4.55. The molecule has 1 fully saturated rings. The van der Waals surface area contributed by atoms with Gasteiger partial charge in [0.25, 0.3) is 0 Å². The van der Waals surface area contributed by atoms with Crippen LogP contribution in [0.3, 0.4) is 0 Å². The summed E-state index contributed by atoms with van der Waals surface area (Å²) < 4.78 is 5.22. The third-order valence-electron chi connectivity index (χ3n) is 2.92. The molecule has 0 aliphatic carbocycles. The van der Waals surface area contributed by atoms with Crippen LogP contribution in [0.1, 0.15) is 23.3 Å². The van der Waals surface area contributed by atoms with Crippen LogP contribution >= 0.6 is 11.8 Å². The van der Waals surface area contributed by atoms with E-state index in [0.29, 0.717) is 10.5 Å². The van der Waals surface area contributed by atoms with Gasteiger partial charge in [-0.3, -0.25) is 0 Å². The van der Waals surface area contributed by atoms with Gasteiger partial charge in [-0.15, -0.1) is 11.8 Å². The summed E-state index contributed by atoms with van der Waals surface area (Å²) in [6.45, 7) is 5.99. The van der Waals surface area contributed by atoms with Crippen molar-refractivity contribution in [1.29, 1.82) is 0 Å². The van der Waals surface area contributed by atoms with Gasteiger partial charge in [-0.05, 0) is 25.0 Å². The molecule has 2 N–H and O–H groups in total. The van der Waals surface area contributed by atoms with Crippen molar-refractivity contribution in [1.82, 2.24) is 0 Å². The van der Waals surface area contributed by atoms with E-state index >= 15 is 0 Å². The molecule has 16 heavy (non-hydrogen) atoms. The smallest absolute Gasteiger partial charge is 0.0608 e. The van der Waals surface area contributed by atoms with Crippen LogP contribution in [0.2, 0.25) is 0 Å². The first-order valence-corrected chi connectivity index (χ1v) is 6.67. The lowest BCUT2D eigenvalue weighted by molar-refractivity contribution is 0.0452. The summed E-state index contributed by atoms with van der Waals surface area (Å²) >= 11 is 1.96. The van der Waals surface area contributed by atoms with E-state index in [2.05, 4.69) is 38.1 Å². The SMILES string of the molecule is Cc1ccccc1C(SC1COC1)C(C)N. The first-order valence-electron chi connectivity index (χ1n) is 5.73. The van der Waals surface area contributed by atoms with E-state index in [9.17, 15) is 0 Å². The van der Waals surface area contributed by atoms with Crippen LogP contribution in [0, 0.1) is 6.92 Å². The molecule has 0 amide bonds. The molecule has 0 bridgehead atoms. The van der Waals surface area contributed by atoms with Crippen LogP contribution in [-0.2, 0) is 4.74 Å². The molecule has 88 valence electrons. The predicted molar refractivity (Wildman–Crippen MR) is 69.8 cm³/mol. The lowest BCUT2D eigenvalue weighted by Crippen LogP contribution is -2.34. The molecule has 2 atom stereocenters. The summed E-state index contributed by atoms with van der Waals surface area (Å²) in [5, 5.41) is 1.01. The minimum Gasteiger partial charge on any atom is -0.379 e. The van der Waals surface area contributed by atoms with E-state index in [-0.39, 0.29) is 6.04 Å². The second-order valence-corrected chi connectivity index (χ2v) is 5.88. The summed E-state index contributed by atoms with van der Waals surface area (Å²) in [6.07, 6.45) is 0. The summed E-state index contributed by atoms with van der Waals surface area (Å²) in [4.78, 5) is 0. The van der Waals surface area contributed by atoms with Gasteiger partial charge in [-0.1, -0.05) is 24.3 Å². The molecule has 0 aromatic heterocycles. The van der Waals surface area contributed by atoms with Gasteiger partial charge in [-0.2, -0.15) is 0 Å². The first-order chi connectivity index (χ1) is 7.68. The maximum Gasteiger partial charge on any atom is 0.0608 e. The van der Waals surface area contributed by atoms with Gasteiger partial charge in [0.2, 0.25) is 0 Å². The van der Waals surface area contributed by atoms with Gasteiger partial charge >= 0.3 is 0 Å². The van der Waals surface area contributed by atoms with Crippen molar-refractivity contribution in [2.45, 2.75) is 30.4 Å². The molecule has 0 saturated carbocycles. The van der Waals surface area contributed by atoms with E-state index in [1.807, 2.05) is 11.8 Å². The normalized spacial score (nSPS) is 20.2. The van der Waals surface area contributed by atoms with E-state index in [1.54, 1.807) is 0 Å². The molecule has 2 unspecified atom stereocenters. The van der Waals surface area contributed by atoms with Crippen molar-refractivity contribution < 1.29 is 4.74 Å². The Morgan fingerprint density at radius 1 is 1.38 bits per heavy atom. The van der Waals surface area contributed by atoms with Crippen molar-refractivity contribution in [3.8, 4) is 0 Å². The first kappa shape index (κ1) is 12.0. The number of hydrogen-bond acceptors (Lipinski definition) is 3. The fourth-order valence-electron chi connectivity index (χ4n) is 1.89. The van der Waals surface area contributed by atoms with E-state index in [0.717, 1.165) is 13.2 Å². The fourth-order valence-corrected chi connectivity index (χ4v) is 3.31. The van der Waals surface area contributed by atoms with Crippen molar-refractivity contribution in [3.05, 3.63) is 35.4 Å². The maximum absolute atomic E-state index is 6.10. The minimum atomic E-state index is 0.173. The van der Waals surface area contributed by atoms with Crippen LogP contribution in [0.25, 0.3) is 0 Å². The molecule has 1 aromatic carbocycles. The average molecular weight is 237 g/mol. The maximum atomic E-state index is 6.10. The Hall–Kier alpha value is -0.510. The number of ether oxygens (including phenoxy) is 1. The number of rotatable bonds is 4.